The van der Waals surface area contributed by atoms with Gasteiger partial charge in [-0.3, -0.25) is 9.35 Å². The van der Waals surface area contributed by atoms with Crippen LogP contribution in [0.3, 0.4) is 0 Å². The minimum atomic E-state index is -5.08. The number of carbonyl (C=O) groups excluding carboxylic acids is 1. The molecule has 0 amide bonds. The van der Waals surface area contributed by atoms with Crippen molar-refractivity contribution in [1.82, 2.24) is 0 Å². The van der Waals surface area contributed by atoms with Crippen LogP contribution in [0.2, 0.25) is 0 Å². The lowest BCUT2D eigenvalue weighted by Crippen LogP contribution is -2.60. The van der Waals surface area contributed by atoms with E-state index in [2.05, 4.69) is 103 Å². The number of hydrogen-bond donors (Lipinski definition) is 4. The molecule has 1 aliphatic rings. The van der Waals surface area contributed by atoms with Gasteiger partial charge in [0.1, 0.15) is 30.5 Å². The lowest BCUT2D eigenvalue weighted by molar-refractivity contribution is -0.301. The highest BCUT2D eigenvalue weighted by Crippen LogP contribution is 2.26. The minimum Gasteiger partial charge on any atom is -0.457 e. The van der Waals surface area contributed by atoms with E-state index in [1.807, 2.05) is 12.2 Å². The van der Waals surface area contributed by atoms with E-state index in [0.717, 1.165) is 89.9 Å². The van der Waals surface area contributed by atoms with Gasteiger partial charge < -0.3 is 34.3 Å². The summed E-state index contributed by atoms with van der Waals surface area (Å²) in [7, 11) is -5.08. The zero-order valence-corrected chi connectivity index (χ0v) is 35.6. The fraction of sp³-hybridized carbons (Fsp3) is 0.622. The van der Waals surface area contributed by atoms with E-state index in [9.17, 15) is 28.5 Å². The first kappa shape index (κ1) is 53.0. The second-order valence-corrected chi connectivity index (χ2v) is 14.9. The molecule has 0 bridgehead atoms. The summed E-state index contributed by atoms with van der Waals surface area (Å²) in [5, 5.41) is 30.6. The van der Waals surface area contributed by atoms with Gasteiger partial charge in [-0.05, 0) is 77.0 Å². The summed E-state index contributed by atoms with van der Waals surface area (Å²) in [6.45, 7) is 3.58. The van der Waals surface area contributed by atoms with Crippen LogP contribution < -0.4 is 0 Å². The molecular weight excluding hydrogens is 765 g/mol. The number of carbonyl (C=O) groups is 1. The van der Waals surface area contributed by atoms with E-state index in [0.29, 0.717) is 13.0 Å². The maximum Gasteiger partial charge on any atom is 0.397 e. The van der Waals surface area contributed by atoms with Gasteiger partial charge in [-0.2, -0.15) is 8.42 Å². The third-order valence-electron chi connectivity index (χ3n) is 8.72. The van der Waals surface area contributed by atoms with Crippen molar-refractivity contribution in [1.29, 1.82) is 0 Å². The van der Waals surface area contributed by atoms with Gasteiger partial charge in [-0.25, -0.2) is 4.18 Å². The highest BCUT2D eigenvalue weighted by Gasteiger charge is 2.48. The van der Waals surface area contributed by atoms with Crippen LogP contribution in [0.4, 0.5) is 0 Å². The van der Waals surface area contributed by atoms with Crippen LogP contribution in [0, 0.1) is 0 Å². The van der Waals surface area contributed by atoms with E-state index < -0.39 is 59.8 Å². The number of allylic oxidation sites excluding steroid dienone is 16. The van der Waals surface area contributed by atoms with Crippen molar-refractivity contribution < 1.29 is 56.2 Å². The Morgan fingerprint density at radius 1 is 0.655 bits per heavy atom. The van der Waals surface area contributed by atoms with Gasteiger partial charge in [-0.1, -0.05) is 130 Å². The summed E-state index contributed by atoms with van der Waals surface area (Å²) < 4.78 is 58.8. The van der Waals surface area contributed by atoms with Crippen molar-refractivity contribution in [3.63, 3.8) is 0 Å². The molecule has 0 aliphatic carbocycles. The van der Waals surface area contributed by atoms with E-state index in [4.69, 9.17) is 23.5 Å². The Bertz CT molecular complexity index is 1380. The molecule has 6 atom stereocenters. The summed E-state index contributed by atoms with van der Waals surface area (Å²) in [5.41, 5.74) is 0. The molecule has 1 saturated heterocycles. The van der Waals surface area contributed by atoms with Crippen molar-refractivity contribution in [3.05, 3.63) is 97.2 Å². The van der Waals surface area contributed by atoms with Gasteiger partial charge in [-0.15, -0.1) is 0 Å². The summed E-state index contributed by atoms with van der Waals surface area (Å²) >= 11 is 0. The van der Waals surface area contributed by atoms with Gasteiger partial charge in [0.05, 0.1) is 19.8 Å². The van der Waals surface area contributed by atoms with E-state index in [1.54, 1.807) is 0 Å². The molecule has 6 unspecified atom stereocenters. The Kier molecular flexibility index (Phi) is 32.8. The number of aliphatic hydroxyl groups excluding tert-OH is 3. The Hall–Kier alpha value is -2.98. The number of hydrogen-bond acceptors (Lipinski definition) is 11. The summed E-state index contributed by atoms with van der Waals surface area (Å²) in [4.78, 5) is 12.8. The molecule has 12 nitrogen and oxygen atoms in total. The predicted molar refractivity (Wildman–Crippen MR) is 229 cm³/mol. The van der Waals surface area contributed by atoms with Crippen LogP contribution in [0.1, 0.15) is 117 Å². The predicted octanol–water partition coefficient (Wildman–Crippen LogP) is 8.29. The SMILES string of the molecule is CC/C=C\C/C=C\C/C=C\C/C=C\CCCCCCCOCC(COC1OC(CO)C(O)C(OS(=O)(=O)O)C1O)OC(=O)CC/C=C\C/C=C\C/C=C\C/C=C\CC. The molecule has 0 saturated carbocycles. The number of unbranched alkanes of at least 4 members (excludes halogenated alkanes) is 5. The molecule has 13 heteroatoms. The highest BCUT2D eigenvalue weighted by molar-refractivity contribution is 7.80. The third kappa shape index (κ3) is 29.3. The van der Waals surface area contributed by atoms with Crippen molar-refractivity contribution in [2.24, 2.45) is 0 Å². The number of esters is 1. The van der Waals surface area contributed by atoms with Gasteiger partial charge in [0.2, 0.25) is 0 Å². The third-order valence-corrected chi connectivity index (χ3v) is 9.18. The van der Waals surface area contributed by atoms with Gasteiger partial charge >= 0.3 is 16.4 Å². The molecule has 4 N–H and O–H groups in total. The van der Waals surface area contributed by atoms with Crippen LogP contribution in [0.5, 0.6) is 0 Å². The molecule has 0 aromatic rings. The summed E-state index contributed by atoms with van der Waals surface area (Å²) in [6, 6.07) is 0. The molecule has 1 rings (SSSR count). The van der Waals surface area contributed by atoms with Crippen molar-refractivity contribution >= 4 is 16.4 Å². The molecule has 0 aromatic heterocycles. The molecule has 330 valence electrons. The van der Waals surface area contributed by atoms with Crippen LogP contribution in [0.15, 0.2) is 97.2 Å². The van der Waals surface area contributed by atoms with Crippen LogP contribution in [-0.2, 0) is 38.3 Å². The molecule has 1 fully saturated rings. The van der Waals surface area contributed by atoms with Crippen LogP contribution >= 0.6 is 0 Å². The number of aliphatic hydroxyl groups is 3. The summed E-state index contributed by atoms with van der Waals surface area (Å²) in [6.07, 6.45) is 38.9. The second kappa shape index (κ2) is 35.9. The van der Waals surface area contributed by atoms with Crippen molar-refractivity contribution in [2.75, 3.05) is 26.4 Å². The lowest BCUT2D eigenvalue weighted by Gasteiger charge is -2.41. The maximum atomic E-state index is 12.8. The normalized spacial score (nSPS) is 21.5. The zero-order chi connectivity index (χ0) is 42.5. The molecule has 0 spiro atoms. The molecule has 1 heterocycles. The summed E-state index contributed by atoms with van der Waals surface area (Å²) in [5.74, 6) is -0.491. The Labute approximate surface area is 348 Å². The lowest BCUT2D eigenvalue weighted by atomic mass is 9.99. The Morgan fingerprint density at radius 2 is 1.14 bits per heavy atom. The topological polar surface area (TPSA) is 178 Å². The molecule has 0 radical (unpaired) electrons. The highest BCUT2D eigenvalue weighted by atomic mass is 32.3. The molecular formula is C45H72O12S. The average Bonchev–Trinajstić information content (AvgIpc) is 3.19. The number of ether oxygens (including phenoxy) is 4. The van der Waals surface area contributed by atoms with E-state index in [-0.39, 0.29) is 19.6 Å². The first-order chi connectivity index (χ1) is 28.1. The first-order valence-corrected chi connectivity index (χ1v) is 22.4. The minimum absolute atomic E-state index is 0.0125. The van der Waals surface area contributed by atoms with E-state index >= 15 is 0 Å². The smallest absolute Gasteiger partial charge is 0.397 e. The van der Waals surface area contributed by atoms with Gasteiger partial charge in [0.25, 0.3) is 0 Å². The van der Waals surface area contributed by atoms with Gasteiger partial charge in [0, 0.05) is 13.0 Å². The van der Waals surface area contributed by atoms with Crippen molar-refractivity contribution in [3.8, 4) is 0 Å². The Morgan fingerprint density at radius 3 is 1.66 bits per heavy atom. The van der Waals surface area contributed by atoms with Crippen LogP contribution in [0.25, 0.3) is 0 Å². The molecule has 0 aromatic carbocycles. The fourth-order valence-electron chi connectivity index (χ4n) is 5.62. The fourth-order valence-corrected chi connectivity index (χ4v) is 6.12. The first-order valence-electron chi connectivity index (χ1n) is 21.0. The molecule has 58 heavy (non-hydrogen) atoms. The van der Waals surface area contributed by atoms with Crippen molar-refractivity contribution in [2.45, 2.75) is 153 Å². The van der Waals surface area contributed by atoms with Gasteiger partial charge in [0.15, 0.2) is 6.29 Å². The van der Waals surface area contributed by atoms with E-state index in [1.165, 1.54) is 0 Å². The second-order valence-electron chi connectivity index (χ2n) is 13.8. The zero-order valence-electron chi connectivity index (χ0n) is 34.8. The standard InChI is InChI=1S/C45H72O12S/c1-3-5-7-9-11-13-15-17-18-19-20-21-23-25-27-29-31-33-35-53-37-39(38-54-45-43(49)44(57-58(50,51)52)42(48)40(36-46)56-45)55-41(47)34-32-30-28-26-24-22-16-14-12-10-8-6-4-2/h5-8,11-14,17-18,20-22,24,28,30,39-40,42-46,48-49H,3-4,9-10,15-16,19,23,25-27,29,31-38H2,1-2H3,(H,50,51,52)/b7-5-,8-6-,13-11-,14-12-,18-17-,21-20-,24-22-,30-28-. The maximum absolute atomic E-state index is 12.8. The monoisotopic (exact) mass is 836 g/mol. The number of rotatable bonds is 34. The Balaban J connectivity index is 2.52. The molecule has 1 aliphatic heterocycles. The quantitative estimate of drug-likeness (QED) is 0.0211. The average molecular weight is 837 g/mol. The largest absolute Gasteiger partial charge is 0.457 e. The van der Waals surface area contributed by atoms with Crippen LogP contribution in [-0.4, -0.2) is 97.5 Å².